The van der Waals surface area contributed by atoms with Gasteiger partial charge in [0, 0.05) is 11.1 Å². The van der Waals surface area contributed by atoms with E-state index in [1.54, 1.807) is 10.6 Å². The zero-order valence-corrected chi connectivity index (χ0v) is 13.6. The van der Waals surface area contributed by atoms with Crippen molar-refractivity contribution in [2.24, 2.45) is 0 Å². The molecule has 0 aliphatic heterocycles. The fourth-order valence-electron chi connectivity index (χ4n) is 2.39. The Morgan fingerprint density at radius 2 is 1.92 bits per heavy atom. The first-order chi connectivity index (χ1) is 11.7. The van der Waals surface area contributed by atoms with Gasteiger partial charge in [-0.15, -0.1) is 15.3 Å². The van der Waals surface area contributed by atoms with Gasteiger partial charge in [-0.25, -0.2) is 0 Å². The number of carbonyl (C=O) groups excluding carboxylic acids is 1. The van der Waals surface area contributed by atoms with Crippen LogP contribution < -0.4 is 5.32 Å². The molecule has 0 unspecified atom stereocenters. The molecule has 4 rings (SSSR count). The number of hydrogen-bond donors (Lipinski definition) is 1. The van der Waals surface area contributed by atoms with Crippen LogP contribution in [0.4, 0.5) is 5.13 Å². The van der Waals surface area contributed by atoms with Crippen LogP contribution in [0.2, 0.25) is 0 Å². The van der Waals surface area contributed by atoms with E-state index in [-0.39, 0.29) is 5.91 Å². The van der Waals surface area contributed by atoms with Gasteiger partial charge < -0.3 is 0 Å². The third kappa shape index (κ3) is 2.65. The molecule has 0 aliphatic carbocycles. The van der Waals surface area contributed by atoms with Gasteiger partial charge >= 0.3 is 0 Å². The van der Waals surface area contributed by atoms with Gasteiger partial charge in [0.1, 0.15) is 0 Å². The molecule has 0 atom stereocenters. The number of carbonyl (C=O) groups is 1. The van der Waals surface area contributed by atoms with E-state index in [1.165, 1.54) is 11.3 Å². The van der Waals surface area contributed by atoms with E-state index in [0.29, 0.717) is 21.5 Å². The minimum absolute atomic E-state index is 0.190. The van der Waals surface area contributed by atoms with Crippen molar-refractivity contribution in [2.45, 2.75) is 6.92 Å². The topological polar surface area (TPSA) is 72.2 Å². The molecule has 118 valence electrons. The molecule has 0 radical (unpaired) electrons. The van der Waals surface area contributed by atoms with E-state index in [1.807, 2.05) is 55.5 Å². The minimum atomic E-state index is -0.190. The molecule has 0 aliphatic rings. The molecule has 4 aromatic rings. The number of amides is 1. The maximum Gasteiger partial charge on any atom is 0.257 e. The molecule has 2 heterocycles. The van der Waals surface area contributed by atoms with Crippen molar-refractivity contribution in [3.05, 3.63) is 65.7 Å². The van der Waals surface area contributed by atoms with Crippen molar-refractivity contribution in [1.29, 1.82) is 0 Å². The van der Waals surface area contributed by atoms with E-state index in [0.717, 1.165) is 11.1 Å². The molecular formula is C17H13N5OS. The first-order valence-corrected chi connectivity index (χ1v) is 8.18. The third-order valence-corrected chi connectivity index (χ3v) is 4.34. The van der Waals surface area contributed by atoms with Crippen LogP contribution in [0.15, 0.2) is 54.6 Å². The van der Waals surface area contributed by atoms with E-state index in [2.05, 4.69) is 20.6 Å². The van der Waals surface area contributed by atoms with Crippen molar-refractivity contribution >= 4 is 27.3 Å². The van der Waals surface area contributed by atoms with Crippen molar-refractivity contribution in [2.75, 3.05) is 5.32 Å². The van der Waals surface area contributed by atoms with E-state index in [9.17, 15) is 4.79 Å². The van der Waals surface area contributed by atoms with Gasteiger partial charge in [0.05, 0.1) is 0 Å². The number of nitrogens with zero attached hydrogens (tertiary/aromatic N) is 4. The lowest BCUT2D eigenvalue weighted by Crippen LogP contribution is -2.12. The molecular weight excluding hydrogens is 322 g/mol. The van der Waals surface area contributed by atoms with Gasteiger partial charge in [0.15, 0.2) is 5.82 Å². The minimum Gasteiger partial charge on any atom is -0.296 e. The molecule has 6 nitrogen and oxygen atoms in total. The maximum atomic E-state index is 12.3. The summed E-state index contributed by atoms with van der Waals surface area (Å²) in [6, 6.07) is 17.1. The second-order valence-electron chi connectivity index (χ2n) is 5.31. The van der Waals surface area contributed by atoms with Crippen LogP contribution in [0.3, 0.4) is 0 Å². The molecule has 0 spiro atoms. The fourth-order valence-corrected chi connectivity index (χ4v) is 3.12. The second-order valence-corrected chi connectivity index (χ2v) is 6.27. The number of aromatic nitrogens is 4. The number of fused-ring (bicyclic) bond motifs is 1. The summed E-state index contributed by atoms with van der Waals surface area (Å²) in [5, 5.41) is 16.0. The van der Waals surface area contributed by atoms with Gasteiger partial charge in [-0.1, -0.05) is 59.4 Å². The summed E-state index contributed by atoms with van der Waals surface area (Å²) in [7, 11) is 0. The van der Waals surface area contributed by atoms with Crippen LogP contribution in [0.1, 0.15) is 15.9 Å². The van der Waals surface area contributed by atoms with Crippen molar-refractivity contribution < 1.29 is 4.79 Å². The quantitative estimate of drug-likeness (QED) is 0.623. The highest BCUT2D eigenvalue weighted by molar-refractivity contribution is 7.20. The predicted octanol–water partition coefficient (Wildman–Crippen LogP) is 3.41. The van der Waals surface area contributed by atoms with Gasteiger partial charge in [0.25, 0.3) is 5.91 Å². The van der Waals surface area contributed by atoms with Gasteiger partial charge in [-0.2, -0.15) is 4.52 Å². The summed E-state index contributed by atoms with van der Waals surface area (Å²) < 4.78 is 1.64. The summed E-state index contributed by atoms with van der Waals surface area (Å²) in [6.45, 7) is 1.95. The second kappa shape index (κ2) is 5.86. The highest BCUT2D eigenvalue weighted by atomic mass is 32.1. The van der Waals surface area contributed by atoms with Crippen LogP contribution in [-0.4, -0.2) is 25.7 Å². The largest absolute Gasteiger partial charge is 0.296 e. The lowest BCUT2D eigenvalue weighted by molar-refractivity contribution is 0.102. The van der Waals surface area contributed by atoms with Crippen molar-refractivity contribution in [3.8, 4) is 11.4 Å². The van der Waals surface area contributed by atoms with Crippen LogP contribution in [0.5, 0.6) is 0 Å². The van der Waals surface area contributed by atoms with Crippen LogP contribution in [-0.2, 0) is 0 Å². The monoisotopic (exact) mass is 335 g/mol. The van der Waals surface area contributed by atoms with Crippen molar-refractivity contribution in [1.82, 2.24) is 19.8 Å². The lowest BCUT2D eigenvalue weighted by atomic mass is 10.1. The fraction of sp³-hybridized carbons (Fsp3) is 0.0588. The van der Waals surface area contributed by atoms with Gasteiger partial charge in [0.2, 0.25) is 10.1 Å². The number of benzene rings is 2. The third-order valence-electron chi connectivity index (χ3n) is 3.52. The number of aryl methyl sites for hydroxylation is 1. The number of rotatable bonds is 3. The number of anilines is 1. The van der Waals surface area contributed by atoms with Crippen LogP contribution >= 0.6 is 11.3 Å². The maximum absolute atomic E-state index is 12.3. The Morgan fingerprint density at radius 1 is 1.08 bits per heavy atom. The molecule has 1 N–H and O–H groups in total. The number of hydrogen-bond acceptors (Lipinski definition) is 5. The highest BCUT2D eigenvalue weighted by Crippen LogP contribution is 2.24. The predicted molar refractivity (Wildman–Crippen MR) is 93.2 cm³/mol. The standard InChI is InChI=1S/C17H13N5OS/c1-11-6-5-9-13(10-11)15(23)18-16-21-22-14(19-20-17(22)24-16)12-7-3-2-4-8-12/h2-10H,1H3,(H,18,21,23). The Morgan fingerprint density at radius 3 is 2.71 bits per heavy atom. The van der Waals surface area contributed by atoms with Crippen LogP contribution in [0.25, 0.3) is 16.3 Å². The summed E-state index contributed by atoms with van der Waals surface area (Å²) in [6.07, 6.45) is 0. The first-order valence-electron chi connectivity index (χ1n) is 7.36. The van der Waals surface area contributed by atoms with Crippen molar-refractivity contribution in [3.63, 3.8) is 0 Å². The summed E-state index contributed by atoms with van der Waals surface area (Å²) in [5.41, 5.74) is 2.56. The molecule has 0 bridgehead atoms. The smallest absolute Gasteiger partial charge is 0.257 e. The molecule has 2 aromatic carbocycles. The Balaban J connectivity index is 1.64. The van der Waals surface area contributed by atoms with E-state index >= 15 is 0 Å². The Bertz CT molecular complexity index is 1020. The molecule has 7 heteroatoms. The molecule has 0 fully saturated rings. The molecule has 0 saturated heterocycles. The normalized spacial score (nSPS) is 10.9. The SMILES string of the molecule is Cc1cccc(C(=O)Nc2nn3c(-c4ccccc4)nnc3s2)c1. The molecule has 24 heavy (non-hydrogen) atoms. The molecule has 1 amide bonds. The van der Waals surface area contributed by atoms with Crippen LogP contribution in [0, 0.1) is 6.92 Å². The average Bonchev–Trinajstić information content (AvgIpc) is 3.15. The zero-order chi connectivity index (χ0) is 16.5. The van der Waals surface area contributed by atoms with Gasteiger partial charge in [-0.3, -0.25) is 10.1 Å². The summed E-state index contributed by atoms with van der Waals surface area (Å²) in [5.74, 6) is 0.461. The highest BCUT2D eigenvalue weighted by Gasteiger charge is 2.15. The molecule has 2 aromatic heterocycles. The first kappa shape index (κ1) is 14.5. The number of nitrogens with one attached hydrogen (secondary N) is 1. The summed E-state index contributed by atoms with van der Waals surface area (Å²) in [4.78, 5) is 13.0. The van der Waals surface area contributed by atoms with E-state index in [4.69, 9.17) is 0 Å². The van der Waals surface area contributed by atoms with Gasteiger partial charge in [-0.05, 0) is 19.1 Å². The summed E-state index contributed by atoms with van der Waals surface area (Å²) >= 11 is 1.29. The average molecular weight is 335 g/mol. The Hall–Kier alpha value is -3.06. The lowest BCUT2D eigenvalue weighted by Gasteiger charge is -2.02. The molecule has 0 saturated carbocycles. The van der Waals surface area contributed by atoms with E-state index < -0.39 is 0 Å². The zero-order valence-electron chi connectivity index (χ0n) is 12.8. The Kier molecular flexibility index (Phi) is 3.55. The Labute approximate surface area is 141 Å².